The Labute approximate surface area is 125 Å². The van der Waals surface area contributed by atoms with E-state index in [1.54, 1.807) is 0 Å². The quantitative estimate of drug-likeness (QED) is 0.602. The normalized spacial score (nSPS) is 14.1. The van der Waals surface area contributed by atoms with Crippen molar-refractivity contribution < 1.29 is 0 Å². The van der Waals surface area contributed by atoms with Crippen LogP contribution in [0.3, 0.4) is 0 Å². The number of para-hydroxylation sites is 1. The van der Waals surface area contributed by atoms with Crippen LogP contribution in [0.15, 0.2) is 48.5 Å². The van der Waals surface area contributed by atoms with Crippen molar-refractivity contribution in [2.45, 2.75) is 32.6 Å². The van der Waals surface area contributed by atoms with E-state index in [1.807, 2.05) is 0 Å². The van der Waals surface area contributed by atoms with Gasteiger partial charge < -0.3 is 0 Å². The van der Waals surface area contributed by atoms with Gasteiger partial charge >= 0.3 is 0 Å². The molecule has 0 atom stereocenters. The zero-order valence-electron chi connectivity index (χ0n) is 12.4. The van der Waals surface area contributed by atoms with E-state index in [-0.39, 0.29) is 0 Å². The number of aryl methyl sites for hydroxylation is 2. The number of hydrogen-bond donors (Lipinski definition) is 0. The maximum atomic E-state index is 5.02. The molecule has 1 heteroatoms. The highest BCUT2D eigenvalue weighted by molar-refractivity contribution is 5.88. The second-order valence-electron chi connectivity index (χ2n) is 5.96. The van der Waals surface area contributed by atoms with E-state index in [0.29, 0.717) is 0 Å². The largest absolute Gasteiger partial charge is 0.247 e. The van der Waals surface area contributed by atoms with Gasteiger partial charge in [-0.3, -0.25) is 0 Å². The summed E-state index contributed by atoms with van der Waals surface area (Å²) in [5.41, 5.74) is 7.96. The van der Waals surface area contributed by atoms with Gasteiger partial charge in [-0.2, -0.15) is 0 Å². The molecule has 2 aromatic carbocycles. The number of fused-ring (bicyclic) bond motifs is 3. The van der Waals surface area contributed by atoms with Crippen LogP contribution < -0.4 is 0 Å². The van der Waals surface area contributed by atoms with E-state index >= 15 is 0 Å². The molecule has 0 amide bonds. The second-order valence-corrected chi connectivity index (χ2v) is 5.96. The molecular formula is C20H19N. The molecule has 1 nitrogen and oxygen atoms in total. The van der Waals surface area contributed by atoms with Crippen molar-refractivity contribution in [2.75, 3.05) is 0 Å². The van der Waals surface area contributed by atoms with Crippen LogP contribution in [0.2, 0.25) is 0 Å². The molecule has 4 rings (SSSR count). The SMILES string of the molecule is Cc1ccccc1-c1nc2ccccc2c2c1CCCC2. The van der Waals surface area contributed by atoms with Crippen molar-refractivity contribution in [2.24, 2.45) is 0 Å². The van der Waals surface area contributed by atoms with E-state index < -0.39 is 0 Å². The molecule has 0 unspecified atom stereocenters. The van der Waals surface area contributed by atoms with Gasteiger partial charge in [-0.05, 0) is 55.4 Å². The molecular weight excluding hydrogens is 254 g/mol. The number of pyridine rings is 1. The van der Waals surface area contributed by atoms with Crippen molar-refractivity contribution >= 4 is 10.9 Å². The summed E-state index contributed by atoms with van der Waals surface area (Å²) >= 11 is 0. The van der Waals surface area contributed by atoms with Crippen molar-refractivity contribution in [3.63, 3.8) is 0 Å². The van der Waals surface area contributed by atoms with Gasteiger partial charge in [0.15, 0.2) is 0 Å². The van der Waals surface area contributed by atoms with E-state index in [4.69, 9.17) is 4.98 Å². The fourth-order valence-corrected chi connectivity index (χ4v) is 3.54. The molecule has 0 N–H and O–H groups in total. The van der Waals surface area contributed by atoms with Gasteiger partial charge in [-0.1, -0.05) is 42.5 Å². The molecule has 0 radical (unpaired) electrons. The third-order valence-corrected chi connectivity index (χ3v) is 4.62. The molecule has 0 fully saturated rings. The molecule has 104 valence electrons. The van der Waals surface area contributed by atoms with Gasteiger partial charge in [0.1, 0.15) is 0 Å². The van der Waals surface area contributed by atoms with Crippen LogP contribution in [0.5, 0.6) is 0 Å². The Morgan fingerprint density at radius 1 is 0.810 bits per heavy atom. The molecule has 1 heterocycles. The molecule has 0 spiro atoms. The van der Waals surface area contributed by atoms with Gasteiger partial charge in [0.25, 0.3) is 0 Å². The zero-order valence-corrected chi connectivity index (χ0v) is 12.4. The standard InChI is InChI=1S/C20H19N/c1-14-8-2-3-9-15(14)20-18-12-5-4-10-16(18)17-11-6-7-13-19(17)21-20/h2-3,6-9,11,13H,4-5,10,12H2,1H3. The fourth-order valence-electron chi connectivity index (χ4n) is 3.54. The second kappa shape index (κ2) is 5.00. The molecule has 3 aromatic rings. The van der Waals surface area contributed by atoms with Crippen LogP contribution in [-0.2, 0) is 12.8 Å². The van der Waals surface area contributed by atoms with Crippen molar-refractivity contribution in [3.8, 4) is 11.3 Å². The minimum absolute atomic E-state index is 1.14. The summed E-state index contributed by atoms with van der Waals surface area (Å²) in [6.45, 7) is 2.18. The molecule has 1 aliphatic carbocycles. The first-order valence-corrected chi connectivity index (χ1v) is 7.81. The van der Waals surface area contributed by atoms with Gasteiger partial charge in [0.05, 0.1) is 11.2 Å². The van der Waals surface area contributed by atoms with E-state index in [0.717, 1.165) is 11.9 Å². The van der Waals surface area contributed by atoms with E-state index in [9.17, 15) is 0 Å². The van der Waals surface area contributed by atoms with Gasteiger partial charge in [-0.15, -0.1) is 0 Å². The Morgan fingerprint density at radius 3 is 2.38 bits per heavy atom. The molecule has 1 aliphatic rings. The third-order valence-electron chi connectivity index (χ3n) is 4.62. The summed E-state index contributed by atoms with van der Waals surface area (Å²) in [6.07, 6.45) is 4.94. The molecule has 21 heavy (non-hydrogen) atoms. The Hall–Kier alpha value is -2.15. The topological polar surface area (TPSA) is 12.9 Å². The maximum absolute atomic E-state index is 5.02. The molecule has 0 saturated carbocycles. The summed E-state index contributed by atoms with van der Waals surface area (Å²) in [5.74, 6) is 0. The smallest absolute Gasteiger partial charge is 0.0747 e. The summed E-state index contributed by atoms with van der Waals surface area (Å²) in [5, 5.41) is 1.35. The Morgan fingerprint density at radius 2 is 1.52 bits per heavy atom. The third kappa shape index (κ3) is 2.04. The first-order valence-electron chi connectivity index (χ1n) is 7.81. The van der Waals surface area contributed by atoms with Crippen LogP contribution in [0.25, 0.3) is 22.2 Å². The van der Waals surface area contributed by atoms with Gasteiger partial charge in [0.2, 0.25) is 0 Å². The van der Waals surface area contributed by atoms with Crippen LogP contribution in [-0.4, -0.2) is 4.98 Å². The van der Waals surface area contributed by atoms with Crippen LogP contribution in [0.1, 0.15) is 29.5 Å². The van der Waals surface area contributed by atoms with Crippen molar-refractivity contribution in [1.82, 2.24) is 4.98 Å². The fraction of sp³-hybridized carbons (Fsp3) is 0.250. The van der Waals surface area contributed by atoms with E-state index in [1.165, 1.54) is 52.6 Å². The Bertz CT molecular complexity index is 817. The lowest BCUT2D eigenvalue weighted by atomic mass is 9.85. The van der Waals surface area contributed by atoms with Crippen molar-refractivity contribution in [3.05, 3.63) is 65.2 Å². The summed E-state index contributed by atoms with van der Waals surface area (Å²) in [4.78, 5) is 5.02. The highest BCUT2D eigenvalue weighted by atomic mass is 14.7. The molecule has 0 bridgehead atoms. The van der Waals surface area contributed by atoms with Crippen LogP contribution in [0, 0.1) is 6.92 Å². The Balaban J connectivity index is 2.07. The van der Waals surface area contributed by atoms with E-state index in [2.05, 4.69) is 55.5 Å². The van der Waals surface area contributed by atoms with Crippen LogP contribution in [0.4, 0.5) is 0 Å². The summed E-state index contributed by atoms with van der Waals surface area (Å²) in [6, 6.07) is 17.2. The minimum atomic E-state index is 1.14. The highest BCUT2D eigenvalue weighted by Gasteiger charge is 2.19. The highest BCUT2D eigenvalue weighted by Crippen LogP contribution is 2.35. The Kier molecular flexibility index (Phi) is 2.99. The first-order chi connectivity index (χ1) is 10.3. The number of benzene rings is 2. The monoisotopic (exact) mass is 273 g/mol. The number of rotatable bonds is 1. The number of hydrogen-bond acceptors (Lipinski definition) is 1. The van der Waals surface area contributed by atoms with Crippen LogP contribution >= 0.6 is 0 Å². The lowest BCUT2D eigenvalue weighted by Crippen LogP contribution is -2.08. The zero-order chi connectivity index (χ0) is 14.2. The van der Waals surface area contributed by atoms with Crippen molar-refractivity contribution in [1.29, 1.82) is 0 Å². The first kappa shape index (κ1) is 12.6. The molecule has 0 aliphatic heterocycles. The van der Waals surface area contributed by atoms with Gasteiger partial charge in [-0.25, -0.2) is 4.98 Å². The summed E-state index contributed by atoms with van der Waals surface area (Å²) in [7, 11) is 0. The summed E-state index contributed by atoms with van der Waals surface area (Å²) < 4.78 is 0. The van der Waals surface area contributed by atoms with Gasteiger partial charge in [0, 0.05) is 10.9 Å². The maximum Gasteiger partial charge on any atom is 0.0747 e. The predicted molar refractivity (Wildman–Crippen MR) is 88.6 cm³/mol. The average molecular weight is 273 g/mol. The average Bonchev–Trinajstić information content (AvgIpc) is 2.55. The number of nitrogens with zero attached hydrogens (tertiary/aromatic N) is 1. The lowest BCUT2D eigenvalue weighted by Gasteiger charge is -2.22. The lowest BCUT2D eigenvalue weighted by molar-refractivity contribution is 0.689. The molecule has 0 saturated heterocycles. The predicted octanol–water partition coefficient (Wildman–Crippen LogP) is 5.09. The number of aromatic nitrogens is 1. The minimum Gasteiger partial charge on any atom is -0.247 e. The molecule has 1 aromatic heterocycles.